The number of rotatable bonds is 7. The molecule has 8 nitrogen and oxygen atoms in total. The highest BCUT2D eigenvalue weighted by atomic mass is 31.2. The zero-order valence-electron chi connectivity index (χ0n) is 28.2. The molecule has 0 saturated heterocycles. The van der Waals surface area contributed by atoms with Gasteiger partial charge in [-0.2, -0.15) is 10.5 Å². The van der Waals surface area contributed by atoms with Gasteiger partial charge in [-0.3, -0.25) is 9.59 Å². The van der Waals surface area contributed by atoms with Crippen LogP contribution < -0.4 is 20.8 Å². The van der Waals surface area contributed by atoms with Crippen molar-refractivity contribution in [1.29, 1.82) is 10.5 Å². The Morgan fingerprint density at radius 2 is 1.23 bits per heavy atom. The molecule has 1 saturated carbocycles. The molecular formula is C42H31FN3O5P. The molecule has 0 unspecified atom stereocenters. The number of esters is 1. The Morgan fingerprint density at radius 1 is 0.750 bits per heavy atom. The van der Waals surface area contributed by atoms with Crippen molar-refractivity contribution in [3.63, 3.8) is 0 Å². The number of nitrogens with zero attached hydrogens (tertiary/aromatic N) is 3. The van der Waals surface area contributed by atoms with Gasteiger partial charge in [-0.25, -0.2) is 9.18 Å². The van der Waals surface area contributed by atoms with Crippen molar-refractivity contribution in [1.82, 2.24) is 0 Å². The molecule has 0 aromatic heterocycles. The van der Waals surface area contributed by atoms with Gasteiger partial charge in [0.2, 0.25) is 16.9 Å². The fourth-order valence-corrected chi connectivity index (χ4v) is 13.1. The number of ether oxygens (including phenoxy) is 2. The molecule has 1 aliphatic heterocycles. The summed E-state index contributed by atoms with van der Waals surface area (Å²) in [6, 6.07) is 43.3. The Kier molecular flexibility index (Phi) is 8.51. The molecule has 0 N–H and O–H groups in total. The Labute approximate surface area is 300 Å². The molecule has 2 aliphatic rings. The molecular weight excluding hydrogens is 676 g/mol. The van der Waals surface area contributed by atoms with Gasteiger partial charge in [-0.1, -0.05) is 121 Å². The molecule has 7 rings (SSSR count). The maximum absolute atomic E-state index is 15.9. The highest BCUT2D eigenvalue weighted by Gasteiger charge is 2.87. The van der Waals surface area contributed by atoms with Gasteiger partial charge in [0.25, 0.3) is 0 Å². The molecule has 1 heterocycles. The van der Waals surface area contributed by atoms with Crippen LogP contribution in [0.4, 0.5) is 10.1 Å². The lowest BCUT2D eigenvalue weighted by Crippen LogP contribution is -2.67. The summed E-state index contributed by atoms with van der Waals surface area (Å²) in [5.41, 5.74) is -7.91. The van der Waals surface area contributed by atoms with E-state index in [1.54, 1.807) is 84.9 Å². The minimum Gasteiger partial charge on any atom is -0.467 e. The van der Waals surface area contributed by atoms with Gasteiger partial charge in [0, 0.05) is 18.4 Å². The lowest BCUT2D eigenvalue weighted by molar-refractivity contribution is -0.169. The molecule has 1 fully saturated rings. The molecule has 0 bridgehead atoms. The van der Waals surface area contributed by atoms with E-state index in [1.165, 1.54) is 11.0 Å². The first-order valence-electron chi connectivity index (χ1n) is 16.4. The van der Waals surface area contributed by atoms with E-state index < -0.39 is 46.8 Å². The van der Waals surface area contributed by atoms with Gasteiger partial charge in [0.1, 0.15) is 5.82 Å². The van der Waals surface area contributed by atoms with E-state index >= 15 is 18.8 Å². The number of halogens is 1. The Hall–Kier alpha value is -6.12. The second kappa shape index (κ2) is 12.9. The van der Waals surface area contributed by atoms with E-state index in [0.717, 1.165) is 26.4 Å². The normalized spacial score (nSPS) is 20.3. The van der Waals surface area contributed by atoms with Gasteiger partial charge in [0.15, 0.2) is 11.2 Å². The third-order valence-corrected chi connectivity index (χ3v) is 14.7. The number of benzene rings is 5. The summed E-state index contributed by atoms with van der Waals surface area (Å²) in [6.07, 6.45) is 0. The molecule has 5 aromatic carbocycles. The van der Waals surface area contributed by atoms with E-state index in [-0.39, 0.29) is 23.1 Å². The number of hydrogen-bond donors (Lipinski definition) is 0. The van der Waals surface area contributed by atoms with Crippen LogP contribution in [0, 0.1) is 33.9 Å². The predicted octanol–water partition coefficient (Wildman–Crippen LogP) is 4.95. The summed E-state index contributed by atoms with van der Waals surface area (Å²) in [4.78, 5) is 48.0. The average Bonchev–Trinajstić information content (AvgIpc) is 3.55. The van der Waals surface area contributed by atoms with Crippen LogP contribution in [0.25, 0.3) is 0 Å². The van der Waals surface area contributed by atoms with Gasteiger partial charge < -0.3 is 14.4 Å². The maximum Gasteiger partial charge on any atom is 0.344 e. The minimum atomic E-state index is -3.71. The van der Waals surface area contributed by atoms with Crippen molar-refractivity contribution in [2.45, 2.75) is 17.6 Å². The van der Waals surface area contributed by atoms with Crippen molar-refractivity contribution in [2.75, 3.05) is 19.1 Å². The maximum atomic E-state index is 15.9. The third-order valence-electron chi connectivity index (χ3n) is 10.3. The number of anilines is 1. The first kappa shape index (κ1) is 34.3. The minimum absolute atomic E-state index is 0.0895. The highest BCUT2D eigenvalue weighted by Crippen LogP contribution is 2.68. The molecule has 5 aromatic rings. The smallest absolute Gasteiger partial charge is 0.344 e. The number of carbonyl (C=O) groups excluding carboxylic acids is 3. The van der Waals surface area contributed by atoms with E-state index in [0.29, 0.717) is 21.5 Å². The summed E-state index contributed by atoms with van der Waals surface area (Å²) in [5.74, 6) is -4.05. The van der Waals surface area contributed by atoms with Crippen LogP contribution >= 0.6 is 6.89 Å². The second-order valence-electron chi connectivity index (χ2n) is 12.5. The fourth-order valence-electron chi connectivity index (χ4n) is 8.24. The van der Waals surface area contributed by atoms with Crippen molar-refractivity contribution >= 4 is 51.4 Å². The van der Waals surface area contributed by atoms with Crippen LogP contribution in [0.5, 0.6) is 0 Å². The van der Waals surface area contributed by atoms with Gasteiger partial charge in [-0.05, 0) is 46.6 Å². The Morgan fingerprint density at radius 3 is 1.67 bits per heavy atom. The predicted molar refractivity (Wildman–Crippen MR) is 196 cm³/mol. The Balaban J connectivity index is 1.80. The average molecular weight is 708 g/mol. The van der Waals surface area contributed by atoms with Crippen molar-refractivity contribution < 1.29 is 28.2 Å². The largest absolute Gasteiger partial charge is 0.467 e. The van der Waals surface area contributed by atoms with Crippen molar-refractivity contribution in [2.24, 2.45) is 5.41 Å². The van der Waals surface area contributed by atoms with Crippen LogP contribution in [0.1, 0.15) is 11.1 Å². The first-order chi connectivity index (χ1) is 25.3. The lowest BCUT2D eigenvalue weighted by atomic mass is 9.58. The molecule has 2 atom stereocenters. The summed E-state index contributed by atoms with van der Waals surface area (Å²) in [6.45, 7) is -3.80. The molecule has 256 valence electrons. The highest BCUT2D eigenvalue weighted by molar-refractivity contribution is 7.96. The molecule has 1 spiro atoms. The quantitative estimate of drug-likeness (QED) is 0.174. The zero-order valence-corrected chi connectivity index (χ0v) is 29.1. The van der Waals surface area contributed by atoms with E-state index in [1.807, 2.05) is 48.5 Å². The summed E-state index contributed by atoms with van der Waals surface area (Å²) < 4.78 is 27.6. The summed E-state index contributed by atoms with van der Waals surface area (Å²) in [5, 5.41) is 24.1. The standard InChI is InChI=1S/C42H31FN3O5P/c1-50-39(49)42(51-2)37(52(31-17-9-4-10-18-31,32-19-11-5-12-20-32)33-21-13-6-14-22-33)36(47)40(27-44,28-45)41(42)34-25-30(43)23-24-35(34)46(38(41)48)26-29-15-7-3-8-16-29/h3-25H,26H2,1-2H3/t41-,42+/m0/s1. The van der Waals surface area contributed by atoms with Crippen LogP contribution in [-0.2, 0) is 35.8 Å². The number of hydrogen-bond acceptors (Lipinski definition) is 7. The Bertz CT molecular complexity index is 2260. The molecule has 0 radical (unpaired) electrons. The van der Waals surface area contributed by atoms with Crippen molar-refractivity contribution in [3.05, 3.63) is 156 Å². The summed E-state index contributed by atoms with van der Waals surface area (Å²) >= 11 is 0. The van der Waals surface area contributed by atoms with Crippen LogP contribution in [0.15, 0.2) is 140 Å². The first-order valence-corrected chi connectivity index (χ1v) is 18.2. The SMILES string of the molecule is COC(=O)[C@]1(OC)C(=P(c2ccccc2)(c2ccccc2)c2ccccc2)C(=O)C(C#N)(C#N)[C@]12C(=O)N(Cc1ccccc1)c1ccc(F)cc12. The number of carbonyl (C=O) groups is 3. The van der Waals surface area contributed by atoms with Crippen LogP contribution in [-0.4, -0.2) is 42.8 Å². The number of Topliss-reactive ketones (excluding diaryl/α,β-unsaturated/α-hetero) is 1. The summed E-state index contributed by atoms with van der Waals surface area (Å²) in [7, 11) is 2.23. The molecule has 1 amide bonds. The number of amides is 1. The number of nitriles is 2. The van der Waals surface area contributed by atoms with Gasteiger partial charge in [0.05, 0.1) is 31.1 Å². The van der Waals surface area contributed by atoms with Gasteiger partial charge >= 0.3 is 5.97 Å². The van der Waals surface area contributed by atoms with E-state index in [2.05, 4.69) is 0 Å². The van der Waals surface area contributed by atoms with E-state index in [4.69, 9.17) is 9.47 Å². The third kappa shape index (κ3) is 4.24. The van der Waals surface area contributed by atoms with E-state index in [9.17, 15) is 10.5 Å². The topological polar surface area (TPSA) is 120 Å². The molecule has 1 aliphatic carbocycles. The van der Waals surface area contributed by atoms with Gasteiger partial charge in [-0.15, -0.1) is 0 Å². The number of methoxy groups -OCH3 is 2. The lowest BCUT2D eigenvalue weighted by Gasteiger charge is -2.44. The van der Waals surface area contributed by atoms with Crippen molar-refractivity contribution in [3.8, 4) is 12.1 Å². The zero-order chi connectivity index (χ0) is 36.7. The van der Waals surface area contributed by atoms with Crippen LogP contribution in [0.2, 0.25) is 0 Å². The fraction of sp³-hybridized carbons (Fsp3) is 0.143. The number of fused-ring (bicyclic) bond motifs is 2. The molecule has 52 heavy (non-hydrogen) atoms. The second-order valence-corrected chi connectivity index (χ2v) is 15.8. The number of ketones is 1. The van der Waals surface area contributed by atoms with Crippen LogP contribution in [0.3, 0.4) is 0 Å². The monoisotopic (exact) mass is 707 g/mol. The molecule has 10 heteroatoms.